The average Bonchev–Trinajstić information content (AvgIpc) is 3.10. The molecule has 0 atom stereocenters. The second-order valence-electron chi connectivity index (χ2n) is 7.58. The molecule has 0 N–H and O–H groups in total. The number of fused-ring (bicyclic) bond motifs is 1. The molecule has 28 heavy (non-hydrogen) atoms. The Morgan fingerprint density at radius 2 is 1.89 bits per heavy atom. The molecule has 0 unspecified atom stereocenters. The Hall–Kier alpha value is -2.81. The molecular weight excluding hydrogens is 356 g/mol. The van der Waals surface area contributed by atoms with Gasteiger partial charge in [-0.2, -0.15) is 4.52 Å². The van der Waals surface area contributed by atoms with Crippen LogP contribution in [0, 0.1) is 0 Å². The molecule has 0 aliphatic carbocycles. The van der Waals surface area contributed by atoms with Gasteiger partial charge in [0, 0.05) is 44.5 Å². The molecule has 2 fully saturated rings. The molecule has 3 aromatic rings. The Bertz CT molecular complexity index is 1020. The zero-order valence-electron chi connectivity index (χ0n) is 15.8. The Labute approximate surface area is 162 Å². The van der Waals surface area contributed by atoms with Gasteiger partial charge in [0.15, 0.2) is 11.5 Å². The number of rotatable bonds is 5. The molecule has 146 valence electrons. The van der Waals surface area contributed by atoms with Crippen molar-refractivity contribution in [3.8, 4) is 0 Å². The number of piperidine rings is 1. The summed E-state index contributed by atoms with van der Waals surface area (Å²) in [6.07, 6.45) is 8.07. The van der Waals surface area contributed by atoms with Crippen molar-refractivity contribution in [3.63, 3.8) is 0 Å². The molecule has 0 spiro atoms. The summed E-state index contributed by atoms with van der Waals surface area (Å²) in [6, 6.07) is 4.05. The fourth-order valence-electron chi connectivity index (χ4n) is 3.99. The number of hydrogen-bond acceptors (Lipinski definition) is 7. The normalized spacial score (nSPS) is 18.5. The van der Waals surface area contributed by atoms with Crippen LogP contribution in [0.15, 0.2) is 35.5 Å². The molecule has 3 aromatic heterocycles. The van der Waals surface area contributed by atoms with E-state index in [0.717, 1.165) is 62.9 Å². The van der Waals surface area contributed by atoms with Crippen LogP contribution in [-0.2, 0) is 6.54 Å². The highest BCUT2D eigenvalue weighted by Crippen LogP contribution is 2.27. The number of anilines is 1. The van der Waals surface area contributed by atoms with Crippen LogP contribution in [0.25, 0.3) is 5.65 Å². The highest BCUT2D eigenvalue weighted by Gasteiger charge is 2.26. The smallest absolute Gasteiger partial charge is 0.269 e. The second-order valence-corrected chi connectivity index (χ2v) is 7.58. The topological polar surface area (TPSA) is 84.5 Å². The highest BCUT2D eigenvalue weighted by molar-refractivity contribution is 5.47. The van der Waals surface area contributed by atoms with Gasteiger partial charge >= 0.3 is 0 Å². The molecule has 5 rings (SSSR count). The zero-order chi connectivity index (χ0) is 18.9. The molecule has 0 saturated carbocycles. The van der Waals surface area contributed by atoms with E-state index in [9.17, 15) is 4.79 Å². The minimum Gasteiger partial charge on any atom is -0.355 e. The first-order valence-corrected chi connectivity index (χ1v) is 9.98. The monoisotopic (exact) mass is 380 g/mol. The average molecular weight is 380 g/mol. The van der Waals surface area contributed by atoms with Gasteiger partial charge in [0.2, 0.25) is 0 Å². The van der Waals surface area contributed by atoms with Crippen molar-refractivity contribution >= 4 is 11.5 Å². The molecule has 0 aromatic carbocycles. The predicted octanol–water partition coefficient (Wildman–Crippen LogP) is 0.771. The number of likely N-dealkylation sites (tertiary alicyclic amines) is 1. The van der Waals surface area contributed by atoms with Crippen LogP contribution in [-0.4, -0.2) is 67.0 Å². The molecule has 0 amide bonds. The van der Waals surface area contributed by atoms with Crippen LogP contribution >= 0.6 is 0 Å². The summed E-state index contributed by atoms with van der Waals surface area (Å²) in [6.45, 7) is 5.70. The summed E-state index contributed by atoms with van der Waals surface area (Å²) in [5, 5.41) is 13.6. The van der Waals surface area contributed by atoms with Gasteiger partial charge in [-0.3, -0.25) is 9.78 Å². The third kappa shape index (κ3) is 3.26. The fraction of sp³-hybridized carbons (Fsp3) is 0.526. The molecule has 0 radical (unpaired) electrons. The van der Waals surface area contributed by atoms with Crippen LogP contribution in [0.5, 0.6) is 0 Å². The van der Waals surface area contributed by atoms with Crippen molar-refractivity contribution in [2.24, 2.45) is 0 Å². The quantitative estimate of drug-likeness (QED) is 0.646. The van der Waals surface area contributed by atoms with Crippen molar-refractivity contribution in [3.05, 3.63) is 46.9 Å². The summed E-state index contributed by atoms with van der Waals surface area (Å²) in [4.78, 5) is 20.3. The first kappa shape index (κ1) is 17.3. The first-order chi connectivity index (χ1) is 13.8. The fourth-order valence-corrected chi connectivity index (χ4v) is 3.99. The summed E-state index contributed by atoms with van der Waals surface area (Å²) in [5.74, 6) is 2.36. The summed E-state index contributed by atoms with van der Waals surface area (Å²) in [7, 11) is 0. The molecule has 2 aliphatic heterocycles. The van der Waals surface area contributed by atoms with Gasteiger partial charge in [-0.15, -0.1) is 15.3 Å². The maximum absolute atomic E-state index is 11.8. The van der Waals surface area contributed by atoms with E-state index >= 15 is 0 Å². The number of nitrogens with zero attached hydrogens (tertiary/aromatic N) is 8. The van der Waals surface area contributed by atoms with Gasteiger partial charge in [-0.25, -0.2) is 0 Å². The standard InChI is InChI=1S/C19H24N8O/c28-18-14-20-6-11-26(18)13-12-24-9-4-15(5-10-24)19-22-21-16-2-3-17(23-27(16)19)25-7-1-8-25/h2-3,6,11,14-15H,1,4-5,7-10,12-13H2. The third-order valence-corrected chi connectivity index (χ3v) is 5.86. The zero-order valence-corrected chi connectivity index (χ0v) is 15.8. The van der Waals surface area contributed by atoms with Crippen molar-refractivity contribution < 1.29 is 0 Å². The lowest BCUT2D eigenvalue weighted by atomic mass is 9.96. The lowest BCUT2D eigenvalue weighted by Crippen LogP contribution is -2.38. The molecule has 5 heterocycles. The lowest BCUT2D eigenvalue weighted by molar-refractivity contribution is 0.201. The summed E-state index contributed by atoms with van der Waals surface area (Å²) < 4.78 is 3.65. The molecule has 0 bridgehead atoms. The van der Waals surface area contributed by atoms with E-state index in [4.69, 9.17) is 5.10 Å². The predicted molar refractivity (Wildman–Crippen MR) is 105 cm³/mol. The van der Waals surface area contributed by atoms with Crippen LogP contribution in [0.4, 0.5) is 5.82 Å². The van der Waals surface area contributed by atoms with E-state index in [1.807, 2.05) is 16.6 Å². The van der Waals surface area contributed by atoms with Crippen LogP contribution in [0.1, 0.15) is 31.0 Å². The molecular formula is C19H24N8O. The third-order valence-electron chi connectivity index (χ3n) is 5.86. The Balaban J connectivity index is 1.24. The minimum absolute atomic E-state index is 0.0450. The minimum atomic E-state index is -0.0450. The number of aromatic nitrogens is 6. The molecule has 2 saturated heterocycles. The Kier molecular flexibility index (Phi) is 4.52. The van der Waals surface area contributed by atoms with Gasteiger partial charge in [-0.05, 0) is 44.5 Å². The van der Waals surface area contributed by atoms with Crippen LogP contribution in [0.2, 0.25) is 0 Å². The first-order valence-electron chi connectivity index (χ1n) is 9.98. The van der Waals surface area contributed by atoms with Crippen LogP contribution < -0.4 is 10.5 Å². The Morgan fingerprint density at radius 1 is 1.04 bits per heavy atom. The maximum Gasteiger partial charge on any atom is 0.269 e. The van der Waals surface area contributed by atoms with Crippen molar-refractivity contribution in [1.29, 1.82) is 0 Å². The van der Waals surface area contributed by atoms with Gasteiger partial charge in [0.25, 0.3) is 5.56 Å². The van der Waals surface area contributed by atoms with Gasteiger partial charge in [-0.1, -0.05) is 0 Å². The van der Waals surface area contributed by atoms with Crippen molar-refractivity contribution in [2.45, 2.75) is 31.7 Å². The van der Waals surface area contributed by atoms with Gasteiger partial charge in [0.1, 0.15) is 5.82 Å². The maximum atomic E-state index is 11.8. The summed E-state index contributed by atoms with van der Waals surface area (Å²) in [5.41, 5.74) is 0.773. The highest BCUT2D eigenvalue weighted by atomic mass is 16.1. The molecule has 2 aliphatic rings. The Morgan fingerprint density at radius 3 is 2.64 bits per heavy atom. The van der Waals surface area contributed by atoms with E-state index in [-0.39, 0.29) is 5.56 Å². The summed E-state index contributed by atoms with van der Waals surface area (Å²) >= 11 is 0. The van der Waals surface area contributed by atoms with E-state index in [2.05, 4.69) is 25.0 Å². The van der Waals surface area contributed by atoms with E-state index in [1.54, 1.807) is 17.0 Å². The SMILES string of the molecule is O=c1cnccn1CCN1CCC(c2nnc3ccc(N4CCC4)nn23)CC1. The molecule has 9 nitrogen and oxygen atoms in total. The van der Waals surface area contributed by atoms with Crippen molar-refractivity contribution in [1.82, 2.24) is 34.3 Å². The van der Waals surface area contributed by atoms with E-state index in [0.29, 0.717) is 12.5 Å². The van der Waals surface area contributed by atoms with E-state index in [1.165, 1.54) is 12.6 Å². The van der Waals surface area contributed by atoms with Gasteiger partial charge < -0.3 is 14.4 Å². The van der Waals surface area contributed by atoms with E-state index < -0.39 is 0 Å². The van der Waals surface area contributed by atoms with Gasteiger partial charge in [0.05, 0.1) is 6.20 Å². The van der Waals surface area contributed by atoms with Crippen molar-refractivity contribution in [2.75, 3.05) is 37.6 Å². The number of hydrogen-bond donors (Lipinski definition) is 0. The van der Waals surface area contributed by atoms with Crippen LogP contribution in [0.3, 0.4) is 0 Å². The lowest BCUT2D eigenvalue weighted by Gasteiger charge is -2.32. The second kappa shape index (κ2) is 7.31. The largest absolute Gasteiger partial charge is 0.355 e. The molecule has 9 heteroatoms.